The number of primary amides is 1. The van der Waals surface area contributed by atoms with E-state index in [2.05, 4.69) is 30.4 Å². The van der Waals surface area contributed by atoms with Crippen molar-refractivity contribution < 1.29 is 19.2 Å². The Bertz CT molecular complexity index is 1580. The van der Waals surface area contributed by atoms with E-state index >= 15 is 0 Å². The molecule has 0 aliphatic rings. The maximum absolute atomic E-state index is 14.3. The van der Waals surface area contributed by atoms with E-state index in [4.69, 9.17) is 27.5 Å². The number of H-pyrrole nitrogens is 1. The number of phenols is 1. The van der Waals surface area contributed by atoms with Gasteiger partial charge in [0.15, 0.2) is 5.96 Å². The number of aromatic nitrogens is 4. The van der Waals surface area contributed by atoms with Gasteiger partial charge < -0.3 is 42.9 Å². The second-order valence-corrected chi connectivity index (χ2v) is 10.8. The summed E-state index contributed by atoms with van der Waals surface area (Å²) in [6.45, 7) is 3.80. The van der Waals surface area contributed by atoms with Gasteiger partial charge in [0.1, 0.15) is 17.3 Å². The van der Waals surface area contributed by atoms with Crippen LogP contribution in [0.2, 0.25) is 0 Å². The number of nitrogens with zero attached hydrogens (tertiary/aromatic N) is 4. The van der Waals surface area contributed by atoms with Crippen molar-refractivity contribution in [2.45, 2.75) is 51.1 Å². The fourth-order valence-electron chi connectivity index (χ4n) is 5.22. The summed E-state index contributed by atoms with van der Waals surface area (Å²) in [6.07, 6.45) is 3.74. The number of benzene rings is 2. The summed E-state index contributed by atoms with van der Waals surface area (Å²) in [7, 11) is 0. The summed E-state index contributed by atoms with van der Waals surface area (Å²) in [5.74, 6) is -2.07. The number of carbonyl (C=O) groups is 2. The van der Waals surface area contributed by atoms with E-state index in [1.165, 1.54) is 6.33 Å². The van der Waals surface area contributed by atoms with E-state index in [9.17, 15) is 14.7 Å². The molecule has 3 atom stereocenters. The quantitative estimate of drug-likeness (QED) is 0.0618. The van der Waals surface area contributed by atoms with E-state index in [0.29, 0.717) is 11.5 Å². The van der Waals surface area contributed by atoms with Gasteiger partial charge >= 0.3 is 0 Å². The number of phenolic OH excluding ortho intramolecular Hbond substituents is 1. The Labute approximate surface area is 254 Å². The van der Waals surface area contributed by atoms with Gasteiger partial charge in [-0.05, 0) is 61.9 Å². The second-order valence-electron chi connectivity index (χ2n) is 10.8. The number of hydrogen-bond donors (Lipinski definition) is 7. The minimum atomic E-state index is -1.79. The molecular formula is C30H38N10O4. The zero-order valence-corrected chi connectivity index (χ0v) is 24.7. The highest BCUT2D eigenvalue weighted by molar-refractivity contribution is 5.93. The molecule has 0 saturated carbocycles. The zero-order valence-electron chi connectivity index (χ0n) is 24.7. The number of imidazole rings is 1. The van der Waals surface area contributed by atoms with E-state index in [0.717, 1.165) is 22.3 Å². The van der Waals surface area contributed by atoms with Crippen LogP contribution in [0.25, 0.3) is 11.4 Å². The number of carbonyl (C=O) groups excluding carboxylic acids is 2. The number of rotatable bonds is 14. The molecule has 14 heteroatoms. The van der Waals surface area contributed by atoms with Crippen LogP contribution in [0, 0.1) is 19.8 Å². The number of nitrogens with one attached hydrogen (secondary N) is 2. The number of nitrogens with two attached hydrogens (primary N) is 4. The molecule has 0 radical (unpaired) electrons. The van der Waals surface area contributed by atoms with Crippen LogP contribution < -0.4 is 28.3 Å². The summed E-state index contributed by atoms with van der Waals surface area (Å²) in [6, 6.07) is 11.6. The first kappa shape index (κ1) is 31.7. The number of amides is 2. The maximum atomic E-state index is 14.3. The van der Waals surface area contributed by atoms with Gasteiger partial charge in [-0.2, -0.15) is 4.98 Å². The SMILES string of the molecule is Cc1cc(O)cc(C)c1C[C@H](C(=O)N[C@@H](Cc1cnc[nH]1)c1nc(-c2ccccc2)no1)C(N)(CCCN=C(N)N)C(N)=O. The van der Waals surface area contributed by atoms with Crippen molar-refractivity contribution >= 4 is 17.8 Å². The molecule has 0 aliphatic heterocycles. The van der Waals surface area contributed by atoms with Gasteiger partial charge in [0.2, 0.25) is 23.5 Å². The normalized spacial score (nSPS) is 13.9. The minimum absolute atomic E-state index is 0.0251. The van der Waals surface area contributed by atoms with E-state index < -0.39 is 29.3 Å². The molecule has 0 fully saturated rings. The van der Waals surface area contributed by atoms with Crippen molar-refractivity contribution in [3.05, 3.63) is 83.3 Å². The maximum Gasteiger partial charge on any atom is 0.249 e. The lowest BCUT2D eigenvalue weighted by Gasteiger charge is -2.35. The molecular weight excluding hydrogens is 564 g/mol. The van der Waals surface area contributed by atoms with Crippen molar-refractivity contribution in [1.29, 1.82) is 0 Å². The third kappa shape index (κ3) is 7.58. The van der Waals surface area contributed by atoms with Crippen molar-refractivity contribution in [3.63, 3.8) is 0 Å². The lowest BCUT2D eigenvalue weighted by molar-refractivity contribution is -0.135. The molecule has 11 N–H and O–H groups in total. The first-order valence-corrected chi connectivity index (χ1v) is 14.1. The number of aromatic hydroxyl groups is 1. The van der Waals surface area contributed by atoms with Gasteiger partial charge in [-0.15, -0.1) is 0 Å². The molecule has 44 heavy (non-hydrogen) atoms. The first-order chi connectivity index (χ1) is 21.0. The smallest absolute Gasteiger partial charge is 0.249 e. The molecule has 2 amide bonds. The molecule has 14 nitrogen and oxygen atoms in total. The lowest BCUT2D eigenvalue weighted by atomic mass is 9.75. The van der Waals surface area contributed by atoms with Crippen LogP contribution in [-0.2, 0) is 22.4 Å². The predicted octanol–water partition coefficient (Wildman–Crippen LogP) is 1.28. The molecule has 0 saturated heterocycles. The van der Waals surface area contributed by atoms with Crippen LogP contribution >= 0.6 is 0 Å². The highest BCUT2D eigenvalue weighted by Gasteiger charge is 2.45. The lowest BCUT2D eigenvalue weighted by Crippen LogP contribution is -2.62. The largest absolute Gasteiger partial charge is 0.508 e. The average molecular weight is 603 g/mol. The highest BCUT2D eigenvalue weighted by atomic mass is 16.5. The number of aliphatic imine (C=N–C) groups is 1. The van der Waals surface area contributed by atoms with Crippen molar-refractivity contribution in [2.24, 2.45) is 33.8 Å². The highest BCUT2D eigenvalue weighted by Crippen LogP contribution is 2.31. The van der Waals surface area contributed by atoms with Gasteiger partial charge in [0, 0.05) is 30.4 Å². The number of aromatic amines is 1. The second kappa shape index (κ2) is 13.8. The molecule has 2 aromatic heterocycles. The predicted molar refractivity (Wildman–Crippen MR) is 164 cm³/mol. The number of aryl methyl sites for hydroxylation is 2. The van der Waals surface area contributed by atoms with Crippen LogP contribution in [0.3, 0.4) is 0 Å². The Morgan fingerprint density at radius 2 is 1.82 bits per heavy atom. The minimum Gasteiger partial charge on any atom is -0.508 e. The van der Waals surface area contributed by atoms with Gasteiger partial charge in [0.05, 0.1) is 12.2 Å². The average Bonchev–Trinajstić information content (AvgIpc) is 3.67. The molecule has 0 bridgehead atoms. The van der Waals surface area contributed by atoms with Crippen LogP contribution in [-0.4, -0.2) is 55.1 Å². The molecule has 4 aromatic rings. The Kier molecular flexibility index (Phi) is 9.95. The molecule has 2 aromatic carbocycles. The van der Waals surface area contributed by atoms with Crippen LogP contribution in [0.15, 0.2) is 64.5 Å². The Morgan fingerprint density at radius 1 is 1.11 bits per heavy atom. The van der Waals surface area contributed by atoms with Gasteiger partial charge in [0.25, 0.3) is 0 Å². The Hall–Kier alpha value is -5.24. The zero-order chi connectivity index (χ0) is 31.9. The van der Waals surface area contributed by atoms with Crippen molar-refractivity contribution in [2.75, 3.05) is 6.54 Å². The topological polar surface area (TPSA) is 250 Å². The van der Waals surface area contributed by atoms with Crippen molar-refractivity contribution in [3.8, 4) is 17.1 Å². The molecule has 4 rings (SSSR count). The third-order valence-corrected chi connectivity index (χ3v) is 7.60. The molecule has 2 heterocycles. The fraction of sp³-hybridized carbons (Fsp3) is 0.333. The Morgan fingerprint density at radius 3 is 2.43 bits per heavy atom. The third-order valence-electron chi connectivity index (χ3n) is 7.60. The number of hydrogen-bond acceptors (Lipinski definition) is 9. The molecule has 232 valence electrons. The summed E-state index contributed by atoms with van der Waals surface area (Å²) in [5.41, 5.74) is 25.4. The molecule has 1 unspecified atom stereocenters. The van der Waals surface area contributed by atoms with E-state index in [1.807, 2.05) is 44.2 Å². The van der Waals surface area contributed by atoms with Gasteiger partial charge in [-0.25, -0.2) is 4.98 Å². The Balaban J connectivity index is 1.71. The van der Waals surface area contributed by atoms with Crippen LogP contribution in [0.1, 0.15) is 47.2 Å². The first-order valence-electron chi connectivity index (χ1n) is 14.1. The summed E-state index contributed by atoms with van der Waals surface area (Å²) < 4.78 is 5.62. The summed E-state index contributed by atoms with van der Waals surface area (Å²) in [5, 5.41) is 17.2. The summed E-state index contributed by atoms with van der Waals surface area (Å²) in [4.78, 5) is 42.9. The van der Waals surface area contributed by atoms with Crippen molar-refractivity contribution in [1.82, 2.24) is 25.4 Å². The van der Waals surface area contributed by atoms with E-state index in [-0.39, 0.29) is 49.8 Å². The molecule has 0 aliphatic carbocycles. The van der Waals surface area contributed by atoms with E-state index in [1.54, 1.807) is 18.3 Å². The van der Waals surface area contributed by atoms with Gasteiger partial charge in [-0.3, -0.25) is 14.6 Å². The monoisotopic (exact) mass is 602 g/mol. The fourth-order valence-corrected chi connectivity index (χ4v) is 5.22. The van der Waals surface area contributed by atoms with Crippen LogP contribution in [0.4, 0.5) is 0 Å². The van der Waals surface area contributed by atoms with Gasteiger partial charge in [-0.1, -0.05) is 35.5 Å². The number of guanidine groups is 1. The van der Waals surface area contributed by atoms with Crippen LogP contribution in [0.5, 0.6) is 5.75 Å². The summed E-state index contributed by atoms with van der Waals surface area (Å²) >= 11 is 0. The molecule has 0 spiro atoms. The standard InChI is InChI=1S/C30H38N10O4/c1-17-11-21(41)12-18(2)22(17)14-23(30(34,28(31)43)9-6-10-36-29(32)33)26(42)38-24(13-20-15-35-16-37-20)27-39-25(40-44-27)19-7-4-3-5-8-19/h3-5,7-8,11-12,15-16,23-24,41H,6,9-10,13-14,34H2,1-2H3,(H2,31,43)(H,35,37)(H,38,42)(H4,32,33,36)/t23-,24+,30?/m1/s1.